The van der Waals surface area contributed by atoms with Crippen molar-refractivity contribution in [1.82, 2.24) is 9.80 Å². The predicted octanol–water partition coefficient (Wildman–Crippen LogP) is 0.559. The van der Waals surface area contributed by atoms with Gasteiger partial charge in [0.05, 0.1) is 5.41 Å². The van der Waals surface area contributed by atoms with Crippen molar-refractivity contribution in [3.63, 3.8) is 0 Å². The largest absolute Gasteiger partial charge is 0.341 e. The average molecular weight is 182 g/mol. The van der Waals surface area contributed by atoms with Crippen LogP contribution in [0.25, 0.3) is 0 Å². The monoisotopic (exact) mass is 182 g/mol. The molecule has 3 nitrogen and oxygen atoms in total. The zero-order valence-corrected chi connectivity index (χ0v) is 8.71. The number of piperidine rings is 1. The lowest BCUT2D eigenvalue weighted by molar-refractivity contribution is -0.173. The predicted molar refractivity (Wildman–Crippen MR) is 51.4 cm³/mol. The number of amides is 1. The molecule has 2 rings (SSSR count). The van der Waals surface area contributed by atoms with E-state index in [1.54, 1.807) is 0 Å². The topological polar surface area (TPSA) is 23.6 Å². The molecule has 1 amide bonds. The van der Waals surface area contributed by atoms with Crippen LogP contribution in [0.4, 0.5) is 0 Å². The lowest BCUT2D eigenvalue weighted by Gasteiger charge is -2.56. The van der Waals surface area contributed by atoms with Crippen molar-refractivity contribution in [2.75, 3.05) is 27.2 Å². The van der Waals surface area contributed by atoms with Gasteiger partial charge in [-0.15, -0.1) is 0 Å². The fourth-order valence-electron chi connectivity index (χ4n) is 2.66. The smallest absolute Gasteiger partial charge is 0.230 e. The molecule has 0 saturated carbocycles. The number of β-lactam (4-membered cyclic amide) rings is 1. The van der Waals surface area contributed by atoms with Crippen LogP contribution in [0, 0.1) is 5.41 Å². The Labute approximate surface area is 79.7 Å². The van der Waals surface area contributed by atoms with Crippen LogP contribution >= 0.6 is 0 Å². The van der Waals surface area contributed by atoms with Crippen molar-refractivity contribution in [1.29, 1.82) is 0 Å². The van der Waals surface area contributed by atoms with E-state index in [1.807, 2.05) is 11.9 Å². The summed E-state index contributed by atoms with van der Waals surface area (Å²) in [7, 11) is 4.04. The summed E-state index contributed by atoms with van der Waals surface area (Å²) in [6.45, 7) is 4.32. The summed E-state index contributed by atoms with van der Waals surface area (Å²) < 4.78 is 0. The van der Waals surface area contributed by atoms with Gasteiger partial charge in [-0.2, -0.15) is 0 Å². The minimum Gasteiger partial charge on any atom is -0.341 e. The van der Waals surface area contributed by atoms with Gasteiger partial charge in [0, 0.05) is 13.1 Å². The molecule has 0 aromatic rings. The molecule has 0 aromatic carbocycles. The minimum absolute atomic E-state index is 0.0151. The maximum absolute atomic E-state index is 11.8. The second-order valence-corrected chi connectivity index (χ2v) is 4.55. The first-order valence-electron chi connectivity index (χ1n) is 5.04. The van der Waals surface area contributed by atoms with Crippen LogP contribution in [0.2, 0.25) is 0 Å². The van der Waals surface area contributed by atoms with E-state index >= 15 is 0 Å². The molecule has 2 saturated heterocycles. The Morgan fingerprint density at radius 3 is 2.31 bits per heavy atom. The van der Waals surface area contributed by atoms with Gasteiger partial charge in [-0.25, -0.2) is 0 Å². The standard InChI is InChI=1S/C10H18N2O/c1-8-10(9(13)12(8)3)4-6-11(2)7-5-10/h8H,4-7H2,1-3H3. The van der Waals surface area contributed by atoms with E-state index in [9.17, 15) is 4.79 Å². The number of carbonyl (C=O) groups is 1. The molecule has 0 radical (unpaired) electrons. The third-order valence-electron chi connectivity index (χ3n) is 4.01. The summed E-state index contributed by atoms with van der Waals surface area (Å²) in [5, 5.41) is 0. The van der Waals surface area contributed by atoms with Gasteiger partial charge in [-0.05, 0) is 39.9 Å². The Hall–Kier alpha value is -0.570. The summed E-state index contributed by atoms with van der Waals surface area (Å²) >= 11 is 0. The Balaban J connectivity index is 2.10. The molecular weight excluding hydrogens is 164 g/mol. The van der Waals surface area contributed by atoms with Crippen molar-refractivity contribution in [3.8, 4) is 0 Å². The van der Waals surface area contributed by atoms with Gasteiger partial charge in [0.2, 0.25) is 5.91 Å². The summed E-state index contributed by atoms with van der Waals surface area (Å²) in [5.41, 5.74) is 0.0151. The second kappa shape index (κ2) is 2.71. The van der Waals surface area contributed by atoms with Crippen molar-refractivity contribution in [2.24, 2.45) is 5.41 Å². The second-order valence-electron chi connectivity index (χ2n) is 4.55. The lowest BCUT2D eigenvalue weighted by Crippen LogP contribution is -2.68. The average Bonchev–Trinajstić information content (AvgIpc) is 2.17. The number of nitrogens with zero attached hydrogens (tertiary/aromatic N) is 2. The Morgan fingerprint density at radius 1 is 1.31 bits per heavy atom. The molecule has 1 spiro atoms. The van der Waals surface area contributed by atoms with E-state index in [0.717, 1.165) is 25.9 Å². The van der Waals surface area contributed by atoms with E-state index in [0.29, 0.717) is 11.9 Å². The van der Waals surface area contributed by atoms with Crippen LogP contribution < -0.4 is 0 Å². The summed E-state index contributed by atoms with van der Waals surface area (Å²) in [5.74, 6) is 0.369. The zero-order valence-electron chi connectivity index (χ0n) is 8.71. The molecule has 1 unspecified atom stereocenters. The molecule has 2 fully saturated rings. The van der Waals surface area contributed by atoms with Gasteiger partial charge in [0.1, 0.15) is 0 Å². The molecule has 0 aromatic heterocycles. The Bertz CT molecular complexity index is 231. The highest BCUT2D eigenvalue weighted by molar-refractivity contribution is 5.89. The molecule has 2 aliphatic heterocycles. The van der Waals surface area contributed by atoms with Gasteiger partial charge < -0.3 is 9.80 Å². The molecule has 1 atom stereocenters. The normalized spacial score (nSPS) is 33.6. The SMILES string of the molecule is CC1N(C)C(=O)C12CCN(C)CC2. The van der Waals surface area contributed by atoms with E-state index in [4.69, 9.17) is 0 Å². The van der Waals surface area contributed by atoms with Gasteiger partial charge in [0.25, 0.3) is 0 Å². The van der Waals surface area contributed by atoms with Crippen molar-refractivity contribution in [3.05, 3.63) is 0 Å². The molecule has 74 valence electrons. The molecule has 3 heteroatoms. The minimum atomic E-state index is 0.0151. The van der Waals surface area contributed by atoms with Crippen LogP contribution in [-0.2, 0) is 4.79 Å². The molecule has 0 N–H and O–H groups in total. The maximum Gasteiger partial charge on any atom is 0.230 e. The zero-order chi connectivity index (χ0) is 9.64. The Kier molecular flexibility index (Phi) is 1.88. The molecule has 0 bridgehead atoms. The highest BCUT2D eigenvalue weighted by Crippen LogP contribution is 2.45. The third kappa shape index (κ3) is 1.03. The first-order chi connectivity index (χ1) is 6.08. The van der Waals surface area contributed by atoms with Gasteiger partial charge >= 0.3 is 0 Å². The number of rotatable bonds is 0. The number of hydrogen-bond donors (Lipinski definition) is 0. The van der Waals surface area contributed by atoms with Gasteiger partial charge in [0.15, 0.2) is 0 Å². The van der Waals surface area contributed by atoms with Crippen LogP contribution in [0.15, 0.2) is 0 Å². The molecule has 0 aliphatic carbocycles. The van der Waals surface area contributed by atoms with E-state index in [1.165, 1.54) is 0 Å². The summed E-state index contributed by atoms with van der Waals surface area (Å²) in [4.78, 5) is 16.0. The number of carbonyl (C=O) groups excluding carboxylic acids is 1. The Morgan fingerprint density at radius 2 is 1.85 bits per heavy atom. The van der Waals surface area contributed by atoms with Gasteiger partial charge in [-0.1, -0.05) is 0 Å². The van der Waals surface area contributed by atoms with Crippen molar-refractivity contribution >= 4 is 5.91 Å². The highest BCUT2D eigenvalue weighted by atomic mass is 16.2. The van der Waals surface area contributed by atoms with E-state index in [2.05, 4.69) is 18.9 Å². The highest BCUT2D eigenvalue weighted by Gasteiger charge is 2.56. The molecule has 2 heterocycles. The first kappa shape index (κ1) is 9.00. The number of likely N-dealkylation sites (tertiary alicyclic amines) is 2. The maximum atomic E-state index is 11.8. The third-order valence-corrected chi connectivity index (χ3v) is 4.01. The van der Waals surface area contributed by atoms with E-state index in [-0.39, 0.29) is 5.41 Å². The first-order valence-corrected chi connectivity index (χ1v) is 5.04. The van der Waals surface area contributed by atoms with Crippen LogP contribution in [0.1, 0.15) is 19.8 Å². The fraction of sp³-hybridized carbons (Fsp3) is 0.900. The quantitative estimate of drug-likeness (QED) is 0.511. The number of hydrogen-bond acceptors (Lipinski definition) is 2. The van der Waals surface area contributed by atoms with E-state index < -0.39 is 0 Å². The molecule has 13 heavy (non-hydrogen) atoms. The van der Waals surface area contributed by atoms with Crippen LogP contribution in [-0.4, -0.2) is 48.9 Å². The van der Waals surface area contributed by atoms with Crippen molar-refractivity contribution < 1.29 is 4.79 Å². The van der Waals surface area contributed by atoms with Gasteiger partial charge in [-0.3, -0.25) is 4.79 Å². The lowest BCUT2D eigenvalue weighted by atomic mass is 9.65. The summed E-state index contributed by atoms with van der Waals surface area (Å²) in [6.07, 6.45) is 2.10. The molecular formula is C10H18N2O. The molecule has 2 aliphatic rings. The summed E-state index contributed by atoms with van der Waals surface area (Å²) in [6, 6.07) is 0.452. The van der Waals surface area contributed by atoms with Crippen LogP contribution in [0.3, 0.4) is 0 Å². The fourth-order valence-corrected chi connectivity index (χ4v) is 2.66. The van der Waals surface area contributed by atoms with Crippen molar-refractivity contribution in [2.45, 2.75) is 25.8 Å². The van der Waals surface area contributed by atoms with Crippen LogP contribution in [0.5, 0.6) is 0 Å².